The number of anilines is 1. The highest BCUT2D eigenvalue weighted by Crippen LogP contribution is 2.13. The van der Waals surface area contributed by atoms with Crippen molar-refractivity contribution in [2.24, 2.45) is 0 Å². The summed E-state index contributed by atoms with van der Waals surface area (Å²) in [5, 5.41) is 2.85. The highest BCUT2D eigenvalue weighted by Gasteiger charge is 2.17. The molecule has 0 aliphatic carbocycles. The van der Waals surface area contributed by atoms with Crippen molar-refractivity contribution in [2.75, 3.05) is 45.3 Å². The van der Waals surface area contributed by atoms with Gasteiger partial charge < -0.3 is 19.9 Å². The molecule has 1 aliphatic heterocycles. The van der Waals surface area contributed by atoms with E-state index in [-0.39, 0.29) is 24.7 Å². The quantitative estimate of drug-likeness (QED) is 0.821. The Bertz CT molecular complexity index is 542. The molecule has 1 fully saturated rings. The molecule has 0 bridgehead atoms. The number of amides is 2. The predicted octanol–water partition coefficient (Wildman–Crippen LogP) is 0.403. The van der Waals surface area contributed by atoms with E-state index >= 15 is 0 Å². The van der Waals surface area contributed by atoms with Crippen LogP contribution < -0.4 is 10.2 Å². The van der Waals surface area contributed by atoms with Crippen molar-refractivity contribution >= 4 is 17.6 Å². The first kappa shape index (κ1) is 17.2. The molecular formula is C16H24N4O3. The normalized spacial score (nSPS) is 14.4. The van der Waals surface area contributed by atoms with E-state index in [4.69, 9.17) is 4.74 Å². The lowest BCUT2D eigenvalue weighted by Gasteiger charge is -2.26. The van der Waals surface area contributed by atoms with Crippen LogP contribution in [0.4, 0.5) is 5.82 Å². The number of nitrogens with one attached hydrogen (secondary N) is 1. The van der Waals surface area contributed by atoms with Gasteiger partial charge in [0.05, 0.1) is 13.2 Å². The van der Waals surface area contributed by atoms with Gasteiger partial charge >= 0.3 is 0 Å². The van der Waals surface area contributed by atoms with E-state index in [9.17, 15) is 9.59 Å². The zero-order valence-corrected chi connectivity index (χ0v) is 13.7. The Morgan fingerprint density at radius 1 is 1.30 bits per heavy atom. The second kappa shape index (κ2) is 8.47. The molecule has 126 valence electrons. The van der Waals surface area contributed by atoms with Gasteiger partial charge in [0.1, 0.15) is 5.82 Å². The van der Waals surface area contributed by atoms with Gasteiger partial charge in [0.25, 0.3) is 0 Å². The first-order valence-electron chi connectivity index (χ1n) is 7.81. The Hall–Kier alpha value is -2.15. The van der Waals surface area contributed by atoms with E-state index in [0.717, 1.165) is 11.4 Å². The second-order valence-corrected chi connectivity index (χ2v) is 5.65. The van der Waals surface area contributed by atoms with Crippen molar-refractivity contribution in [1.29, 1.82) is 0 Å². The number of hydrogen-bond donors (Lipinski definition) is 1. The predicted molar refractivity (Wildman–Crippen MR) is 87.0 cm³/mol. The molecule has 23 heavy (non-hydrogen) atoms. The van der Waals surface area contributed by atoms with Crippen LogP contribution in [0.2, 0.25) is 0 Å². The summed E-state index contributed by atoms with van der Waals surface area (Å²) in [5.41, 5.74) is 0.949. The van der Waals surface area contributed by atoms with Crippen molar-refractivity contribution in [1.82, 2.24) is 15.2 Å². The van der Waals surface area contributed by atoms with Crippen molar-refractivity contribution in [3.63, 3.8) is 0 Å². The van der Waals surface area contributed by atoms with Gasteiger partial charge in [0, 0.05) is 58.3 Å². The molecule has 0 unspecified atom stereocenters. The molecule has 2 amide bonds. The minimum absolute atomic E-state index is 0.0128. The van der Waals surface area contributed by atoms with Gasteiger partial charge in [-0.05, 0) is 6.07 Å². The van der Waals surface area contributed by atoms with Gasteiger partial charge in [-0.15, -0.1) is 0 Å². The Kier molecular flexibility index (Phi) is 6.34. The first-order chi connectivity index (χ1) is 11.1. The third kappa shape index (κ3) is 5.21. The molecule has 0 atom stereocenters. The van der Waals surface area contributed by atoms with Crippen molar-refractivity contribution in [3.8, 4) is 0 Å². The van der Waals surface area contributed by atoms with Crippen LogP contribution in [0, 0.1) is 0 Å². The Morgan fingerprint density at radius 2 is 2.04 bits per heavy atom. The molecular weight excluding hydrogens is 296 g/mol. The summed E-state index contributed by atoms with van der Waals surface area (Å²) in [4.78, 5) is 31.9. The van der Waals surface area contributed by atoms with Gasteiger partial charge in [-0.1, -0.05) is 6.07 Å². The molecule has 1 aromatic rings. The van der Waals surface area contributed by atoms with Crippen LogP contribution in [0.3, 0.4) is 0 Å². The summed E-state index contributed by atoms with van der Waals surface area (Å²) in [5.74, 6) is 0.719. The van der Waals surface area contributed by atoms with Crippen LogP contribution in [0.15, 0.2) is 18.3 Å². The average molecular weight is 320 g/mol. The highest BCUT2D eigenvalue weighted by molar-refractivity contribution is 5.83. The molecule has 0 saturated carbocycles. The molecule has 1 aromatic heterocycles. The summed E-state index contributed by atoms with van der Waals surface area (Å²) in [6.07, 6.45) is 2.16. The zero-order chi connectivity index (χ0) is 16.7. The maximum absolute atomic E-state index is 12.0. The summed E-state index contributed by atoms with van der Waals surface area (Å²) in [6, 6.07) is 3.78. The van der Waals surface area contributed by atoms with Gasteiger partial charge in [0.2, 0.25) is 11.8 Å². The van der Waals surface area contributed by atoms with Crippen LogP contribution in [0.25, 0.3) is 0 Å². The van der Waals surface area contributed by atoms with Gasteiger partial charge in [-0.25, -0.2) is 4.98 Å². The fraction of sp³-hybridized carbons (Fsp3) is 0.562. The summed E-state index contributed by atoms with van der Waals surface area (Å²) < 4.78 is 5.21. The highest BCUT2D eigenvalue weighted by atomic mass is 16.5. The van der Waals surface area contributed by atoms with Crippen molar-refractivity contribution in [2.45, 2.75) is 19.4 Å². The molecule has 2 rings (SSSR count). The van der Waals surface area contributed by atoms with Crippen molar-refractivity contribution in [3.05, 3.63) is 23.9 Å². The second-order valence-electron chi connectivity index (χ2n) is 5.65. The fourth-order valence-electron chi connectivity index (χ4n) is 2.44. The molecule has 7 heteroatoms. The van der Waals surface area contributed by atoms with E-state index in [0.29, 0.717) is 32.8 Å². The number of carbonyl (C=O) groups is 2. The van der Waals surface area contributed by atoms with Gasteiger partial charge in [-0.3, -0.25) is 9.59 Å². The standard InChI is InChI=1S/C16H24N4O3/c1-19(2)16-13(4-3-7-17-16)12-18-14(21)5-6-15(22)20-8-10-23-11-9-20/h3-4,7H,5-6,8-12H2,1-2H3,(H,18,21). The zero-order valence-electron chi connectivity index (χ0n) is 13.7. The van der Waals surface area contributed by atoms with Gasteiger partial charge in [0.15, 0.2) is 0 Å². The molecule has 0 radical (unpaired) electrons. The maximum atomic E-state index is 12.0. The Balaban J connectivity index is 1.76. The molecule has 1 saturated heterocycles. The number of nitrogens with zero attached hydrogens (tertiary/aromatic N) is 3. The topological polar surface area (TPSA) is 74.8 Å². The van der Waals surface area contributed by atoms with Crippen LogP contribution in [0.5, 0.6) is 0 Å². The van der Waals surface area contributed by atoms with E-state index in [2.05, 4.69) is 10.3 Å². The molecule has 1 aliphatic rings. The number of hydrogen-bond acceptors (Lipinski definition) is 5. The van der Waals surface area contributed by atoms with E-state index in [1.54, 1.807) is 11.1 Å². The number of aromatic nitrogens is 1. The Labute approximate surface area is 136 Å². The van der Waals surface area contributed by atoms with Gasteiger partial charge in [-0.2, -0.15) is 0 Å². The first-order valence-corrected chi connectivity index (χ1v) is 7.81. The monoisotopic (exact) mass is 320 g/mol. The number of rotatable bonds is 6. The molecule has 2 heterocycles. The molecule has 1 N–H and O–H groups in total. The maximum Gasteiger partial charge on any atom is 0.223 e. The van der Waals surface area contributed by atoms with E-state index in [1.165, 1.54) is 0 Å². The lowest BCUT2D eigenvalue weighted by molar-refractivity contribution is -0.137. The van der Waals surface area contributed by atoms with Crippen LogP contribution in [-0.2, 0) is 20.9 Å². The summed E-state index contributed by atoms with van der Waals surface area (Å²) in [6.45, 7) is 2.79. The lowest BCUT2D eigenvalue weighted by atomic mass is 10.2. The smallest absolute Gasteiger partial charge is 0.223 e. The largest absolute Gasteiger partial charge is 0.378 e. The third-order valence-electron chi connectivity index (χ3n) is 3.70. The Morgan fingerprint density at radius 3 is 2.74 bits per heavy atom. The third-order valence-corrected chi connectivity index (χ3v) is 3.70. The summed E-state index contributed by atoms with van der Waals surface area (Å²) >= 11 is 0. The summed E-state index contributed by atoms with van der Waals surface area (Å²) in [7, 11) is 3.82. The van der Waals surface area contributed by atoms with Crippen molar-refractivity contribution < 1.29 is 14.3 Å². The lowest BCUT2D eigenvalue weighted by Crippen LogP contribution is -2.41. The molecule has 0 spiro atoms. The minimum Gasteiger partial charge on any atom is -0.378 e. The number of carbonyl (C=O) groups excluding carboxylic acids is 2. The number of pyridine rings is 1. The van der Waals surface area contributed by atoms with E-state index < -0.39 is 0 Å². The van der Waals surface area contributed by atoms with Crippen LogP contribution in [0.1, 0.15) is 18.4 Å². The molecule has 0 aromatic carbocycles. The fourth-order valence-corrected chi connectivity index (χ4v) is 2.44. The van der Waals surface area contributed by atoms with Crippen LogP contribution in [-0.4, -0.2) is 62.1 Å². The van der Waals surface area contributed by atoms with E-state index in [1.807, 2.05) is 31.1 Å². The average Bonchev–Trinajstić information content (AvgIpc) is 2.58. The minimum atomic E-state index is -0.125. The molecule has 7 nitrogen and oxygen atoms in total. The SMILES string of the molecule is CN(C)c1ncccc1CNC(=O)CCC(=O)N1CCOCC1. The number of morpholine rings is 1. The van der Waals surface area contributed by atoms with Crippen LogP contribution >= 0.6 is 0 Å². The number of ether oxygens (including phenoxy) is 1.